The highest BCUT2D eigenvalue weighted by atomic mass is 32.2. The molecule has 0 bridgehead atoms. The largest absolute Gasteiger partial charge is 0.457 e. The average molecular weight is 520 g/mol. The molecule has 0 aromatic heterocycles. The lowest BCUT2D eigenvalue weighted by atomic mass is 10.1. The van der Waals surface area contributed by atoms with E-state index in [4.69, 9.17) is 9.47 Å². The fourth-order valence-electron chi connectivity index (χ4n) is 3.67. The Kier molecular flexibility index (Phi) is 16.3. The van der Waals surface area contributed by atoms with E-state index in [2.05, 4.69) is 12.2 Å². The number of carbonyl (C=O) groups excluding carboxylic acids is 2. The van der Waals surface area contributed by atoms with Gasteiger partial charge in [0.25, 0.3) is 0 Å². The molecule has 0 heterocycles. The number of hydrogen-bond acceptors (Lipinski definition) is 5. The molecule has 0 aliphatic heterocycles. The SMILES string of the molecule is CCCCCCCCCCCS/C(NC(=O)OCCc1ccc(C)cc1)=C(\CC)C(=O)OC(C)(C)C. The van der Waals surface area contributed by atoms with Gasteiger partial charge in [0, 0.05) is 6.42 Å². The quantitative estimate of drug-likeness (QED) is 0.127. The van der Waals surface area contributed by atoms with E-state index in [-0.39, 0.29) is 12.6 Å². The third-order valence-corrected chi connectivity index (χ3v) is 6.86. The van der Waals surface area contributed by atoms with E-state index in [9.17, 15) is 9.59 Å². The van der Waals surface area contributed by atoms with Gasteiger partial charge in [-0.2, -0.15) is 0 Å². The maximum Gasteiger partial charge on any atom is 0.412 e. The van der Waals surface area contributed by atoms with Crippen molar-refractivity contribution in [1.29, 1.82) is 0 Å². The van der Waals surface area contributed by atoms with Crippen molar-refractivity contribution in [1.82, 2.24) is 5.32 Å². The summed E-state index contributed by atoms with van der Waals surface area (Å²) in [6.45, 7) is 12.0. The number of nitrogens with one attached hydrogen (secondary N) is 1. The zero-order valence-electron chi connectivity index (χ0n) is 23.5. The Morgan fingerprint density at radius 2 is 1.47 bits per heavy atom. The summed E-state index contributed by atoms with van der Waals surface area (Å²) in [4.78, 5) is 25.4. The normalized spacial score (nSPS) is 12.2. The van der Waals surface area contributed by atoms with Crippen LogP contribution in [0.4, 0.5) is 4.79 Å². The second-order valence-corrected chi connectivity index (χ2v) is 11.4. The van der Waals surface area contributed by atoms with E-state index < -0.39 is 11.7 Å². The van der Waals surface area contributed by atoms with Crippen molar-refractivity contribution in [2.45, 2.75) is 118 Å². The molecule has 204 valence electrons. The Bertz CT molecular complexity index is 796. The average Bonchev–Trinajstić information content (AvgIpc) is 2.80. The lowest BCUT2D eigenvalue weighted by molar-refractivity contribution is -0.150. The van der Waals surface area contributed by atoms with Gasteiger partial charge in [-0.25, -0.2) is 9.59 Å². The second-order valence-electron chi connectivity index (χ2n) is 10.3. The summed E-state index contributed by atoms with van der Waals surface area (Å²) in [7, 11) is 0. The van der Waals surface area contributed by atoms with Gasteiger partial charge in [-0.05, 0) is 51.9 Å². The van der Waals surface area contributed by atoms with Gasteiger partial charge in [0.05, 0.1) is 17.2 Å². The summed E-state index contributed by atoms with van der Waals surface area (Å²) in [5.41, 5.74) is 2.21. The number of aryl methyl sites for hydroxylation is 1. The van der Waals surface area contributed by atoms with Crippen LogP contribution in [0.3, 0.4) is 0 Å². The number of unbranched alkanes of at least 4 members (excludes halogenated alkanes) is 8. The van der Waals surface area contributed by atoms with Gasteiger partial charge < -0.3 is 9.47 Å². The van der Waals surface area contributed by atoms with Crippen LogP contribution in [0, 0.1) is 6.92 Å². The van der Waals surface area contributed by atoms with Gasteiger partial charge in [0.1, 0.15) is 5.60 Å². The van der Waals surface area contributed by atoms with E-state index in [0.29, 0.717) is 23.4 Å². The molecule has 5 nitrogen and oxygen atoms in total. The number of esters is 1. The van der Waals surface area contributed by atoms with Crippen LogP contribution in [-0.4, -0.2) is 30.0 Å². The highest BCUT2D eigenvalue weighted by Gasteiger charge is 2.23. The number of amides is 1. The maximum atomic E-state index is 12.8. The molecular formula is C30H49NO4S. The van der Waals surface area contributed by atoms with Gasteiger partial charge in [-0.3, -0.25) is 5.32 Å². The Labute approximate surface area is 224 Å². The predicted molar refractivity (Wildman–Crippen MR) is 152 cm³/mol. The van der Waals surface area contributed by atoms with E-state index in [1.54, 1.807) is 0 Å². The molecule has 0 saturated heterocycles. The molecule has 0 spiro atoms. The minimum atomic E-state index is -0.598. The second kappa shape index (κ2) is 18.3. The number of rotatable bonds is 17. The number of thioether (sulfide) groups is 1. The molecule has 0 fully saturated rings. The van der Waals surface area contributed by atoms with Crippen molar-refractivity contribution in [3.63, 3.8) is 0 Å². The van der Waals surface area contributed by atoms with Gasteiger partial charge in [0.2, 0.25) is 0 Å². The van der Waals surface area contributed by atoms with Crippen LogP contribution >= 0.6 is 11.8 Å². The van der Waals surface area contributed by atoms with Crippen molar-refractivity contribution in [3.8, 4) is 0 Å². The molecule has 0 aliphatic carbocycles. The Morgan fingerprint density at radius 3 is 2.03 bits per heavy atom. The first-order chi connectivity index (χ1) is 17.2. The molecule has 6 heteroatoms. The molecule has 1 aromatic rings. The van der Waals surface area contributed by atoms with E-state index in [1.165, 1.54) is 62.3 Å². The van der Waals surface area contributed by atoms with Crippen molar-refractivity contribution in [2.75, 3.05) is 12.4 Å². The van der Waals surface area contributed by atoms with Crippen LogP contribution in [0.15, 0.2) is 34.9 Å². The van der Waals surface area contributed by atoms with Gasteiger partial charge in [-0.15, -0.1) is 11.8 Å². The molecule has 0 unspecified atom stereocenters. The number of benzene rings is 1. The summed E-state index contributed by atoms with van der Waals surface area (Å²) < 4.78 is 11.0. The molecule has 1 N–H and O–H groups in total. The van der Waals surface area contributed by atoms with Crippen molar-refractivity contribution in [3.05, 3.63) is 46.0 Å². The number of hydrogen-bond donors (Lipinski definition) is 1. The van der Waals surface area contributed by atoms with Crippen molar-refractivity contribution in [2.24, 2.45) is 0 Å². The highest BCUT2D eigenvalue weighted by molar-refractivity contribution is 8.03. The first-order valence-electron chi connectivity index (χ1n) is 13.7. The number of alkyl carbamates (subject to hydrolysis) is 1. The topological polar surface area (TPSA) is 64.6 Å². The summed E-state index contributed by atoms with van der Waals surface area (Å²) >= 11 is 1.51. The van der Waals surface area contributed by atoms with Gasteiger partial charge in [-0.1, -0.05) is 95.0 Å². The Balaban J connectivity index is 2.62. The van der Waals surface area contributed by atoms with Gasteiger partial charge >= 0.3 is 12.1 Å². The van der Waals surface area contributed by atoms with Crippen LogP contribution in [0.25, 0.3) is 0 Å². The molecule has 0 atom stereocenters. The van der Waals surface area contributed by atoms with Crippen molar-refractivity contribution < 1.29 is 19.1 Å². The van der Waals surface area contributed by atoms with E-state index in [0.717, 1.165) is 24.2 Å². The third kappa shape index (κ3) is 15.2. The van der Waals surface area contributed by atoms with Gasteiger partial charge in [0.15, 0.2) is 0 Å². The Hall–Kier alpha value is -1.95. The van der Waals surface area contributed by atoms with Crippen molar-refractivity contribution >= 4 is 23.8 Å². The zero-order valence-corrected chi connectivity index (χ0v) is 24.4. The zero-order chi connectivity index (χ0) is 26.8. The molecule has 0 radical (unpaired) electrons. The summed E-state index contributed by atoms with van der Waals surface area (Å²) in [5.74, 6) is 0.445. The standard InChI is InChI=1S/C30H49NO4S/c1-7-9-10-11-12-13-14-15-16-23-36-27(26(8-2)28(32)35-30(4,5)6)31-29(33)34-22-21-25-19-17-24(3)18-20-25/h17-20H,7-16,21-23H2,1-6H3,(H,31,33)/b27-26+. The molecular weight excluding hydrogens is 470 g/mol. The molecule has 1 aromatic carbocycles. The smallest absolute Gasteiger partial charge is 0.412 e. The maximum absolute atomic E-state index is 12.8. The highest BCUT2D eigenvalue weighted by Crippen LogP contribution is 2.24. The van der Waals surface area contributed by atoms with Crippen LogP contribution < -0.4 is 5.32 Å². The Morgan fingerprint density at radius 1 is 0.889 bits per heavy atom. The molecule has 0 saturated carbocycles. The molecule has 1 amide bonds. The fourth-order valence-corrected chi connectivity index (χ4v) is 4.78. The number of carbonyl (C=O) groups is 2. The van der Waals surface area contributed by atoms with Crippen LogP contribution in [0.1, 0.15) is 110 Å². The summed E-state index contributed by atoms with van der Waals surface area (Å²) in [6.07, 6.45) is 11.9. The van der Waals surface area contributed by atoms with Crippen LogP contribution in [0.2, 0.25) is 0 Å². The minimum absolute atomic E-state index is 0.277. The number of ether oxygens (including phenoxy) is 2. The molecule has 1 rings (SSSR count). The van der Waals surface area contributed by atoms with Crippen LogP contribution in [0.5, 0.6) is 0 Å². The van der Waals surface area contributed by atoms with E-state index in [1.807, 2.05) is 58.9 Å². The first-order valence-corrected chi connectivity index (χ1v) is 14.7. The lowest BCUT2D eigenvalue weighted by Crippen LogP contribution is -2.29. The molecule has 0 aliphatic rings. The van der Waals surface area contributed by atoms with E-state index >= 15 is 0 Å². The first kappa shape index (κ1) is 32.1. The summed E-state index contributed by atoms with van der Waals surface area (Å²) in [5, 5.41) is 3.39. The summed E-state index contributed by atoms with van der Waals surface area (Å²) in [6, 6.07) is 8.18. The monoisotopic (exact) mass is 519 g/mol. The minimum Gasteiger partial charge on any atom is -0.457 e. The van der Waals surface area contributed by atoms with Crippen LogP contribution in [-0.2, 0) is 20.7 Å². The predicted octanol–water partition coefficient (Wildman–Crippen LogP) is 8.49. The third-order valence-electron chi connectivity index (χ3n) is 5.73. The fraction of sp³-hybridized carbons (Fsp3) is 0.667. The molecule has 36 heavy (non-hydrogen) atoms. The lowest BCUT2D eigenvalue weighted by Gasteiger charge is -2.22.